The van der Waals surface area contributed by atoms with Crippen molar-refractivity contribution in [1.29, 1.82) is 0 Å². The summed E-state index contributed by atoms with van der Waals surface area (Å²) in [5.74, 6) is 3.40. The molecule has 2 heterocycles. The largest absolute Gasteiger partial charge is 0.356 e. The lowest BCUT2D eigenvalue weighted by atomic mass is 9.95. The Labute approximate surface area is 111 Å². The van der Waals surface area contributed by atoms with Crippen LogP contribution in [-0.2, 0) is 0 Å². The van der Waals surface area contributed by atoms with Crippen molar-refractivity contribution in [2.75, 3.05) is 18.0 Å². The zero-order valence-corrected chi connectivity index (χ0v) is 12.4. The molecule has 18 heavy (non-hydrogen) atoms. The van der Waals surface area contributed by atoms with E-state index >= 15 is 0 Å². The molecule has 1 aliphatic rings. The van der Waals surface area contributed by atoms with Gasteiger partial charge in [0.15, 0.2) is 0 Å². The van der Waals surface area contributed by atoms with Crippen LogP contribution in [0.5, 0.6) is 0 Å². The zero-order chi connectivity index (χ0) is 13.3. The Morgan fingerprint density at radius 3 is 2.56 bits per heavy atom. The van der Waals surface area contributed by atoms with Crippen molar-refractivity contribution < 1.29 is 0 Å². The van der Waals surface area contributed by atoms with Gasteiger partial charge < -0.3 is 4.90 Å². The van der Waals surface area contributed by atoms with E-state index in [1.807, 2.05) is 6.20 Å². The lowest BCUT2D eigenvalue weighted by molar-refractivity contribution is 0.422. The Morgan fingerprint density at radius 1 is 1.28 bits per heavy atom. The summed E-state index contributed by atoms with van der Waals surface area (Å²) in [6.45, 7) is 13.7. The second-order valence-corrected chi connectivity index (χ2v) is 6.24. The van der Waals surface area contributed by atoms with Crippen molar-refractivity contribution in [3.8, 4) is 0 Å². The molecule has 1 atom stereocenters. The van der Waals surface area contributed by atoms with Crippen molar-refractivity contribution in [3.05, 3.63) is 23.4 Å². The predicted octanol–water partition coefficient (Wildman–Crippen LogP) is 4.00. The molecule has 0 N–H and O–H groups in total. The minimum absolute atomic E-state index is 0.579. The minimum Gasteiger partial charge on any atom is -0.356 e. The maximum atomic E-state index is 4.62. The Balaban J connectivity index is 2.22. The molecule has 1 aliphatic heterocycles. The molecule has 1 aromatic heterocycles. The zero-order valence-electron chi connectivity index (χ0n) is 12.4. The van der Waals surface area contributed by atoms with E-state index in [2.05, 4.69) is 50.6 Å². The van der Waals surface area contributed by atoms with Crippen molar-refractivity contribution in [2.24, 2.45) is 11.8 Å². The van der Waals surface area contributed by atoms with Gasteiger partial charge in [-0.1, -0.05) is 27.7 Å². The molecule has 0 spiro atoms. The molecular weight excluding hydrogens is 220 g/mol. The van der Waals surface area contributed by atoms with Crippen LogP contribution >= 0.6 is 0 Å². The van der Waals surface area contributed by atoms with Crippen LogP contribution in [0.2, 0.25) is 0 Å². The predicted molar refractivity (Wildman–Crippen MR) is 78.2 cm³/mol. The van der Waals surface area contributed by atoms with Crippen LogP contribution in [0.3, 0.4) is 0 Å². The summed E-state index contributed by atoms with van der Waals surface area (Å²) in [4.78, 5) is 7.10. The van der Waals surface area contributed by atoms with E-state index in [1.54, 1.807) is 0 Å². The number of pyridine rings is 1. The van der Waals surface area contributed by atoms with Gasteiger partial charge in [0.05, 0.1) is 0 Å². The molecule has 0 amide bonds. The maximum Gasteiger partial charge on any atom is 0.131 e. The van der Waals surface area contributed by atoms with Crippen molar-refractivity contribution in [2.45, 2.75) is 47.0 Å². The van der Waals surface area contributed by atoms with Gasteiger partial charge in [-0.15, -0.1) is 0 Å². The van der Waals surface area contributed by atoms with Crippen LogP contribution in [0, 0.1) is 18.8 Å². The SMILES string of the molecule is Cc1c(C(C)C)ccnc1N1CCC(C(C)C)C1. The monoisotopic (exact) mass is 246 g/mol. The van der Waals surface area contributed by atoms with Gasteiger partial charge in [0.25, 0.3) is 0 Å². The normalized spacial score (nSPS) is 20.2. The van der Waals surface area contributed by atoms with E-state index in [0.29, 0.717) is 5.92 Å². The van der Waals surface area contributed by atoms with Gasteiger partial charge in [0.1, 0.15) is 5.82 Å². The molecule has 1 saturated heterocycles. The summed E-state index contributed by atoms with van der Waals surface area (Å²) in [6, 6.07) is 2.17. The number of hydrogen-bond acceptors (Lipinski definition) is 2. The molecule has 2 nitrogen and oxygen atoms in total. The highest BCUT2D eigenvalue weighted by Crippen LogP contribution is 2.31. The molecule has 2 rings (SSSR count). The van der Waals surface area contributed by atoms with Crippen LogP contribution in [0.15, 0.2) is 12.3 Å². The summed E-state index contributed by atoms with van der Waals surface area (Å²) >= 11 is 0. The van der Waals surface area contributed by atoms with E-state index < -0.39 is 0 Å². The van der Waals surface area contributed by atoms with Crippen molar-refractivity contribution in [3.63, 3.8) is 0 Å². The molecule has 0 bridgehead atoms. The summed E-state index contributed by atoms with van der Waals surface area (Å²) < 4.78 is 0. The fourth-order valence-corrected chi connectivity index (χ4v) is 3.01. The number of anilines is 1. The summed E-state index contributed by atoms with van der Waals surface area (Å²) in [5, 5.41) is 0. The van der Waals surface area contributed by atoms with Crippen LogP contribution < -0.4 is 4.90 Å². The fourth-order valence-electron chi connectivity index (χ4n) is 3.01. The first kappa shape index (κ1) is 13.4. The molecule has 100 valence electrons. The van der Waals surface area contributed by atoms with Crippen molar-refractivity contribution in [1.82, 2.24) is 4.98 Å². The van der Waals surface area contributed by atoms with Crippen molar-refractivity contribution >= 4 is 5.82 Å². The van der Waals surface area contributed by atoms with Gasteiger partial charge in [-0.25, -0.2) is 4.98 Å². The third-order valence-electron chi connectivity index (χ3n) is 4.31. The van der Waals surface area contributed by atoms with Crippen LogP contribution in [0.1, 0.15) is 51.2 Å². The van der Waals surface area contributed by atoms with E-state index in [4.69, 9.17) is 0 Å². The summed E-state index contributed by atoms with van der Waals surface area (Å²) in [6.07, 6.45) is 3.28. The maximum absolute atomic E-state index is 4.62. The molecule has 1 fully saturated rings. The third kappa shape index (κ3) is 2.52. The number of hydrogen-bond donors (Lipinski definition) is 0. The molecular formula is C16H26N2. The average Bonchev–Trinajstić information content (AvgIpc) is 2.78. The molecule has 0 aliphatic carbocycles. The summed E-state index contributed by atoms with van der Waals surface area (Å²) in [5.41, 5.74) is 2.81. The number of aromatic nitrogens is 1. The Morgan fingerprint density at radius 2 is 2.00 bits per heavy atom. The first-order chi connectivity index (χ1) is 8.50. The Kier molecular flexibility index (Phi) is 3.94. The van der Waals surface area contributed by atoms with E-state index in [9.17, 15) is 0 Å². The smallest absolute Gasteiger partial charge is 0.131 e. The third-order valence-corrected chi connectivity index (χ3v) is 4.31. The van der Waals surface area contributed by atoms with Gasteiger partial charge in [0, 0.05) is 19.3 Å². The van der Waals surface area contributed by atoms with Gasteiger partial charge in [-0.2, -0.15) is 0 Å². The minimum atomic E-state index is 0.579. The lowest BCUT2D eigenvalue weighted by Gasteiger charge is -2.23. The highest BCUT2D eigenvalue weighted by atomic mass is 15.2. The van der Waals surface area contributed by atoms with Crippen LogP contribution in [0.25, 0.3) is 0 Å². The first-order valence-corrected chi connectivity index (χ1v) is 7.21. The lowest BCUT2D eigenvalue weighted by Crippen LogP contribution is -2.23. The topological polar surface area (TPSA) is 16.1 Å². The molecule has 2 heteroatoms. The highest BCUT2D eigenvalue weighted by molar-refractivity contribution is 5.51. The standard InChI is InChI=1S/C16H26N2/c1-11(2)14-7-9-18(10-14)16-13(5)15(12(3)4)6-8-17-16/h6,8,11-12,14H,7,9-10H2,1-5H3. The van der Waals surface area contributed by atoms with Gasteiger partial charge in [-0.3, -0.25) is 0 Å². The first-order valence-electron chi connectivity index (χ1n) is 7.21. The second-order valence-electron chi connectivity index (χ2n) is 6.24. The van der Waals surface area contributed by atoms with Gasteiger partial charge >= 0.3 is 0 Å². The molecule has 0 aromatic carbocycles. The molecule has 1 aromatic rings. The Bertz CT molecular complexity index is 410. The van der Waals surface area contributed by atoms with Gasteiger partial charge in [-0.05, 0) is 48.3 Å². The van der Waals surface area contributed by atoms with E-state index in [-0.39, 0.29) is 0 Å². The number of rotatable bonds is 3. The van der Waals surface area contributed by atoms with E-state index in [1.165, 1.54) is 29.9 Å². The number of nitrogens with zero attached hydrogens (tertiary/aromatic N) is 2. The highest BCUT2D eigenvalue weighted by Gasteiger charge is 2.27. The van der Waals surface area contributed by atoms with Crippen LogP contribution in [0.4, 0.5) is 5.82 Å². The average molecular weight is 246 g/mol. The second kappa shape index (κ2) is 5.29. The Hall–Kier alpha value is -1.05. The van der Waals surface area contributed by atoms with Crippen LogP contribution in [-0.4, -0.2) is 18.1 Å². The van der Waals surface area contributed by atoms with E-state index in [0.717, 1.165) is 18.4 Å². The molecule has 0 radical (unpaired) electrons. The quantitative estimate of drug-likeness (QED) is 0.801. The molecule has 1 unspecified atom stereocenters. The molecule has 0 saturated carbocycles. The van der Waals surface area contributed by atoms with Gasteiger partial charge in [0.2, 0.25) is 0 Å². The summed E-state index contributed by atoms with van der Waals surface area (Å²) in [7, 11) is 0. The fraction of sp³-hybridized carbons (Fsp3) is 0.688.